The maximum Gasteiger partial charge on any atom is 0.256 e. The minimum Gasteiger partial charge on any atom is -0.377 e. The van der Waals surface area contributed by atoms with E-state index in [9.17, 15) is 9.59 Å². The third kappa shape index (κ3) is 3.11. The second kappa shape index (κ2) is 7.09. The van der Waals surface area contributed by atoms with E-state index in [1.165, 1.54) is 0 Å². The van der Waals surface area contributed by atoms with E-state index in [4.69, 9.17) is 4.74 Å². The van der Waals surface area contributed by atoms with Crippen molar-refractivity contribution in [2.24, 2.45) is 0 Å². The van der Waals surface area contributed by atoms with Crippen LogP contribution in [0.3, 0.4) is 0 Å². The lowest BCUT2D eigenvalue weighted by Gasteiger charge is -2.35. The number of morpholine rings is 1. The number of aromatic amines is 1. The van der Waals surface area contributed by atoms with Crippen molar-refractivity contribution in [2.45, 2.75) is 12.5 Å². The molecular weight excluding hydrogens is 330 g/mol. The van der Waals surface area contributed by atoms with Crippen LogP contribution in [0.5, 0.6) is 0 Å². The molecule has 0 saturated carbocycles. The number of carbonyl (C=O) groups is 2. The van der Waals surface area contributed by atoms with Gasteiger partial charge in [-0.15, -0.1) is 0 Å². The number of rotatable bonds is 4. The van der Waals surface area contributed by atoms with Crippen LogP contribution in [0.25, 0.3) is 11.0 Å². The molecule has 1 amide bonds. The van der Waals surface area contributed by atoms with Gasteiger partial charge >= 0.3 is 0 Å². The smallest absolute Gasteiger partial charge is 0.256 e. The summed E-state index contributed by atoms with van der Waals surface area (Å²) in [6.07, 6.45) is 3.62. The summed E-state index contributed by atoms with van der Waals surface area (Å²) < 4.78 is 5.54. The quantitative estimate of drug-likeness (QED) is 0.735. The van der Waals surface area contributed by atoms with Crippen molar-refractivity contribution < 1.29 is 14.3 Å². The van der Waals surface area contributed by atoms with Crippen LogP contribution in [0.2, 0.25) is 0 Å². The summed E-state index contributed by atoms with van der Waals surface area (Å²) in [5.41, 5.74) is 1.91. The lowest BCUT2D eigenvalue weighted by molar-refractivity contribution is -0.00270. The Morgan fingerprint density at radius 3 is 2.88 bits per heavy atom. The normalized spacial score (nSPS) is 17.4. The van der Waals surface area contributed by atoms with Gasteiger partial charge in [0.25, 0.3) is 5.91 Å². The van der Waals surface area contributed by atoms with Crippen molar-refractivity contribution in [3.63, 3.8) is 0 Å². The molecule has 0 radical (unpaired) electrons. The summed E-state index contributed by atoms with van der Waals surface area (Å²) in [5, 5.41) is 0.789. The van der Waals surface area contributed by atoms with Crippen LogP contribution in [0.1, 0.15) is 27.1 Å². The van der Waals surface area contributed by atoms with Gasteiger partial charge in [-0.1, -0.05) is 30.3 Å². The number of benzene rings is 1. The van der Waals surface area contributed by atoms with Gasteiger partial charge in [0.2, 0.25) is 0 Å². The number of ketones is 1. The van der Waals surface area contributed by atoms with Gasteiger partial charge in [-0.25, -0.2) is 4.98 Å². The minimum absolute atomic E-state index is 0.0134. The average molecular weight is 349 g/mol. The summed E-state index contributed by atoms with van der Waals surface area (Å²) in [4.78, 5) is 34.7. The molecule has 1 saturated heterocycles. The molecule has 1 aliphatic rings. The van der Waals surface area contributed by atoms with Gasteiger partial charge in [0.05, 0.1) is 24.8 Å². The third-order valence-electron chi connectivity index (χ3n) is 4.69. The largest absolute Gasteiger partial charge is 0.377 e. The predicted molar refractivity (Wildman–Crippen MR) is 97.1 cm³/mol. The van der Waals surface area contributed by atoms with Gasteiger partial charge < -0.3 is 14.6 Å². The lowest BCUT2D eigenvalue weighted by atomic mass is 10.0. The van der Waals surface area contributed by atoms with Crippen LogP contribution < -0.4 is 0 Å². The molecule has 1 aromatic carbocycles. The summed E-state index contributed by atoms with van der Waals surface area (Å²) in [6, 6.07) is 12.6. The van der Waals surface area contributed by atoms with Crippen LogP contribution in [-0.4, -0.2) is 52.4 Å². The van der Waals surface area contributed by atoms with E-state index in [1.54, 1.807) is 29.4 Å². The molecule has 3 aromatic rings. The fraction of sp³-hybridized carbons (Fsp3) is 0.250. The highest BCUT2D eigenvalue weighted by Crippen LogP contribution is 2.22. The number of H-pyrrole nitrogens is 1. The Morgan fingerprint density at radius 2 is 2.04 bits per heavy atom. The standard InChI is InChI=1S/C20H19N3O3/c24-18(14-5-2-1-3-6-14)11-15-13-26-10-9-23(15)20(25)17-12-22-19-16(17)7-4-8-21-19/h1-8,12,15H,9-11,13H2,(H,21,22)/t15-/m0/s1. The van der Waals surface area contributed by atoms with Crippen molar-refractivity contribution >= 4 is 22.7 Å². The summed E-state index contributed by atoms with van der Waals surface area (Å²) in [6.45, 7) is 1.31. The van der Waals surface area contributed by atoms with Gasteiger partial charge in [-0.2, -0.15) is 0 Å². The Kier molecular flexibility index (Phi) is 4.50. The number of Topliss-reactive ketones (excluding diaryl/α,β-unsaturated/α-hetero) is 1. The van der Waals surface area contributed by atoms with E-state index in [2.05, 4.69) is 9.97 Å². The Bertz CT molecular complexity index is 936. The molecule has 6 heteroatoms. The number of hydrogen-bond acceptors (Lipinski definition) is 4. The predicted octanol–water partition coefficient (Wildman–Crippen LogP) is 2.68. The number of nitrogens with one attached hydrogen (secondary N) is 1. The monoisotopic (exact) mass is 349 g/mol. The molecule has 3 heterocycles. The molecule has 1 atom stereocenters. The molecule has 0 bridgehead atoms. The first-order valence-electron chi connectivity index (χ1n) is 8.63. The molecule has 26 heavy (non-hydrogen) atoms. The minimum atomic E-state index is -0.273. The molecule has 4 rings (SSSR count). The lowest BCUT2D eigenvalue weighted by Crippen LogP contribution is -2.49. The van der Waals surface area contributed by atoms with E-state index >= 15 is 0 Å². The molecule has 0 unspecified atom stereocenters. The maximum atomic E-state index is 13.1. The summed E-state index contributed by atoms with van der Waals surface area (Å²) >= 11 is 0. The zero-order chi connectivity index (χ0) is 17.9. The van der Waals surface area contributed by atoms with Crippen molar-refractivity contribution in [3.05, 3.63) is 66.0 Å². The summed E-state index contributed by atoms with van der Waals surface area (Å²) in [7, 11) is 0. The number of carbonyl (C=O) groups excluding carboxylic acids is 2. The van der Waals surface area contributed by atoms with Crippen LogP contribution in [0, 0.1) is 0 Å². The van der Waals surface area contributed by atoms with Crippen molar-refractivity contribution in [1.29, 1.82) is 0 Å². The van der Waals surface area contributed by atoms with Crippen LogP contribution in [0.4, 0.5) is 0 Å². The molecule has 2 aromatic heterocycles. The van der Waals surface area contributed by atoms with E-state index in [0.717, 1.165) is 5.39 Å². The Labute approximate surface area is 150 Å². The number of pyridine rings is 1. The van der Waals surface area contributed by atoms with Gasteiger partial charge in [-0.3, -0.25) is 9.59 Å². The van der Waals surface area contributed by atoms with E-state index < -0.39 is 0 Å². The molecule has 1 N–H and O–H groups in total. The molecule has 0 aliphatic carbocycles. The van der Waals surface area contributed by atoms with Gasteiger partial charge in [0, 0.05) is 36.3 Å². The second-order valence-corrected chi connectivity index (χ2v) is 6.32. The SMILES string of the molecule is O=C(C[C@H]1COCCN1C(=O)c1c[nH]c2ncccc12)c1ccccc1. The molecule has 1 fully saturated rings. The topological polar surface area (TPSA) is 75.3 Å². The Morgan fingerprint density at radius 1 is 1.19 bits per heavy atom. The van der Waals surface area contributed by atoms with Gasteiger partial charge in [-0.05, 0) is 12.1 Å². The number of fused-ring (bicyclic) bond motifs is 1. The first-order valence-corrected chi connectivity index (χ1v) is 8.63. The van der Waals surface area contributed by atoms with Crippen molar-refractivity contribution in [3.8, 4) is 0 Å². The summed E-state index contributed by atoms with van der Waals surface area (Å²) in [5.74, 6) is -0.0853. The zero-order valence-electron chi connectivity index (χ0n) is 14.2. The maximum absolute atomic E-state index is 13.1. The average Bonchev–Trinajstić information content (AvgIpc) is 3.13. The highest BCUT2D eigenvalue weighted by molar-refractivity contribution is 6.06. The highest BCUT2D eigenvalue weighted by atomic mass is 16.5. The number of aromatic nitrogens is 2. The Balaban J connectivity index is 1.57. The van der Waals surface area contributed by atoms with Crippen LogP contribution in [-0.2, 0) is 4.74 Å². The fourth-order valence-electron chi connectivity index (χ4n) is 3.33. The first kappa shape index (κ1) is 16.5. The van der Waals surface area contributed by atoms with Crippen LogP contribution >= 0.6 is 0 Å². The number of ether oxygens (including phenoxy) is 1. The van der Waals surface area contributed by atoms with Crippen molar-refractivity contribution in [2.75, 3.05) is 19.8 Å². The zero-order valence-corrected chi connectivity index (χ0v) is 14.2. The van der Waals surface area contributed by atoms with E-state index in [0.29, 0.717) is 36.5 Å². The third-order valence-corrected chi connectivity index (χ3v) is 4.69. The Hall–Kier alpha value is -2.99. The molecule has 132 valence electrons. The van der Waals surface area contributed by atoms with Gasteiger partial charge in [0.15, 0.2) is 5.78 Å². The van der Waals surface area contributed by atoms with Crippen molar-refractivity contribution in [1.82, 2.24) is 14.9 Å². The van der Waals surface area contributed by atoms with Gasteiger partial charge in [0.1, 0.15) is 5.65 Å². The first-order chi connectivity index (χ1) is 12.7. The number of nitrogens with zero attached hydrogens (tertiary/aromatic N) is 2. The highest BCUT2D eigenvalue weighted by Gasteiger charge is 2.31. The number of hydrogen-bond donors (Lipinski definition) is 1. The molecule has 0 spiro atoms. The molecular formula is C20H19N3O3. The fourth-order valence-corrected chi connectivity index (χ4v) is 3.33. The molecule has 6 nitrogen and oxygen atoms in total. The van der Waals surface area contributed by atoms with E-state index in [1.807, 2.05) is 30.3 Å². The number of amides is 1. The second-order valence-electron chi connectivity index (χ2n) is 6.32. The molecule has 1 aliphatic heterocycles. The van der Waals surface area contributed by atoms with Crippen LogP contribution in [0.15, 0.2) is 54.9 Å². The van der Waals surface area contributed by atoms with E-state index in [-0.39, 0.29) is 24.2 Å².